The standard InChI is InChI=1S/C10H17N3O/c1-12-10(14)7-13(2)9-5-3-4-8(9)6-11/h8-9H,3-5,7H2,1-2H3,(H,12,14). The van der Waals surface area contributed by atoms with Crippen LogP contribution in [0.15, 0.2) is 0 Å². The summed E-state index contributed by atoms with van der Waals surface area (Å²) in [5.41, 5.74) is 0. The summed E-state index contributed by atoms with van der Waals surface area (Å²) in [4.78, 5) is 13.1. The fourth-order valence-corrected chi connectivity index (χ4v) is 2.04. The smallest absolute Gasteiger partial charge is 0.233 e. The summed E-state index contributed by atoms with van der Waals surface area (Å²) < 4.78 is 0. The van der Waals surface area contributed by atoms with Gasteiger partial charge in [-0.05, 0) is 19.9 Å². The summed E-state index contributed by atoms with van der Waals surface area (Å²) in [6, 6.07) is 2.57. The lowest BCUT2D eigenvalue weighted by molar-refractivity contribution is -0.122. The Hall–Kier alpha value is -1.08. The van der Waals surface area contributed by atoms with Gasteiger partial charge in [-0.3, -0.25) is 9.69 Å². The maximum atomic E-state index is 11.1. The first-order chi connectivity index (χ1) is 6.69. The summed E-state index contributed by atoms with van der Waals surface area (Å²) in [7, 11) is 3.54. The van der Waals surface area contributed by atoms with Crippen LogP contribution in [0.2, 0.25) is 0 Å². The molecule has 0 saturated heterocycles. The molecule has 78 valence electrons. The summed E-state index contributed by atoms with van der Waals surface area (Å²) >= 11 is 0. The first-order valence-corrected chi connectivity index (χ1v) is 4.99. The number of nitriles is 1. The largest absolute Gasteiger partial charge is 0.358 e. The SMILES string of the molecule is CNC(=O)CN(C)C1CCCC1C#N. The fourth-order valence-electron chi connectivity index (χ4n) is 2.04. The van der Waals surface area contributed by atoms with Crippen molar-refractivity contribution in [3.63, 3.8) is 0 Å². The van der Waals surface area contributed by atoms with Gasteiger partial charge >= 0.3 is 0 Å². The third-order valence-corrected chi connectivity index (χ3v) is 2.88. The van der Waals surface area contributed by atoms with Crippen LogP contribution in [0.25, 0.3) is 0 Å². The number of carbonyl (C=O) groups excluding carboxylic acids is 1. The number of nitrogens with zero attached hydrogens (tertiary/aromatic N) is 2. The number of likely N-dealkylation sites (N-methyl/N-ethyl adjacent to an activating group) is 2. The van der Waals surface area contributed by atoms with Crippen LogP contribution in [0, 0.1) is 17.2 Å². The second-order valence-corrected chi connectivity index (χ2v) is 3.82. The summed E-state index contributed by atoms with van der Waals surface area (Å²) in [6.45, 7) is 0.388. The van der Waals surface area contributed by atoms with Crippen LogP contribution in [-0.2, 0) is 4.79 Å². The van der Waals surface area contributed by atoms with Crippen molar-refractivity contribution >= 4 is 5.91 Å². The van der Waals surface area contributed by atoms with Crippen molar-refractivity contribution in [3.8, 4) is 6.07 Å². The van der Waals surface area contributed by atoms with Crippen molar-refractivity contribution in [2.24, 2.45) is 5.92 Å². The molecule has 0 aliphatic heterocycles. The van der Waals surface area contributed by atoms with E-state index in [1.54, 1.807) is 7.05 Å². The highest BCUT2D eigenvalue weighted by Gasteiger charge is 2.30. The number of carbonyl (C=O) groups is 1. The van der Waals surface area contributed by atoms with E-state index in [9.17, 15) is 4.79 Å². The minimum Gasteiger partial charge on any atom is -0.358 e. The van der Waals surface area contributed by atoms with Gasteiger partial charge in [-0.2, -0.15) is 5.26 Å². The lowest BCUT2D eigenvalue weighted by Crippen LogP contribution is -2.40. The molecule has 1 aliphatic carbocycles. The monoisotopic (exact) mass is 195 g/mol. The van der Waals surface area contributed by atoms with Crippen molar-refractivity contribution in [3.05, 3.63) is 0 Å². The quantitative estimate of drug-likeness (QED) is 0.707. The van der Waals surface area contributed by atoms with E-state index in [1.807, 2.05) is 11.9 Å². The average molecular weight is 195 g/mol. The van der Waals surface area contributed by atoms with Crippen LogP contribution < -0.4 is 5.32 Å². The molecular weight excluding hydrogens is 178 g/mol. The zero-order valence-corrected chi connectivity index (χ0v) is 8.79. The van der Waals surface area contributed by atoms with Gasteiger partial charge in [0.05, 0.1) is 18.5 Å². The molecule has 1 rings (SSSR count). The Morgan fingerprint density at radius 3 is 2.93 bits per heavy atom. The topological polar surface area (TPSA) is 56.1 Å². The Morgan fingerprint density at radius 1 is 1.64 bits per heavy atom. The van der Waals surface area contributed by atoms with Crippen LogP contribution in [-0.4, -0.2) is 37.5 Å². The molecule has 2 unspecified atom stereocenters. The minimum absolute atomic E-state index is 0.0103. The van der Waals surface area contributed by atoms with Crippen LogP contribution in [0.5, 0.6) is 0 Å². The third kappa shape index (κ3) is 2.46. The van der Waals surface area contributed by atoms with Gasteiger partial charge in [-0.1, -0.05) is 6.42 Å². The Balaban J connectivity index is 2.48. The molecule has 0 heterocycles. The van der Waals surface area contributed by atoms with Crippen LogP contribution in [0.1, 0.15) is 19.3 Å². The van der Waals surface area contributed by atoms with Gasteiger partial charge in [-0.15, -0.1) is 0 Å². The first-order valence-electron chi connectivity index (χ1n) is 4.99. The van der Waals surface area contributed by atoms with E-state index in [1.165, 1.54) is 0 Å². The predicted octanol–water partition coefficient (Wildman–Crippen LogP) is 0.356. The molecule has 1 fully saturated rings. The number of nitrogens with one attached hydrogen (secondary N) is 1. The molecule has 0 aromatic carbocycles. The molecule has 1 amide bonds. The fraction of sp³-hybridized carbons (Fsp3) is 0.800. The van der Waals surface area contributed by atoms with E-state index in [0.717, 1.165) is 19.3 Å². The number of hydrogen-bond acceptors (Lipinski definition) is 3. The lowest BCUT2D eigenvalue weighted by Gasteiger charge is -2.25. The maximum Gasteiger partial charge on any atom is 0.233 e. The lowest BCUT2D eigenvalue weighted by atomic mass is 10.0. The Morgan fingerprint density at radius 2 is 2.36 bits per heavy atom. The van der Waals surface area contributed by atoms with Gasteiger partial charge in [0.2, 0.25) is 5.91 Å². The molecule has 0 aromatic rings. The molecule has 2 atom stereocenters. The number of rotatable bonds is 3. The Bertz CT molecular complexity index is 246. The molecular formula is C10H17N3O. The number of hydrogen-bond donors (Lipinski definition) is 1. The molecule has 1 N–H and O–H groups in total. The Labute approximate surface area is 84.9 Å². The molecule has 4 heteroatoms. The summed E-state index contributed by atoms with van der Waals surface area (Å²) in [6.07, 6.45) is 3.10. The van der Waals surface area contributed by atoms with E-state index in [0.29, 0.717) is 6.54 Å². The van der Waals surface area contributed by atoms with Gasteiger partial charge in [0.25, 0.3) is 0 Å². The van der Waals surface area contributed by atoms with E-state index in [-0.39, 0.29) is 17.9 Å². The molecule has 1 aliphatic rings. The third-order valence-electron chi connectivity index (χ3n) is 2.88. The molecule has 0 aromatic heterocycles. The van der Waals surface area contributed by atoms with Crippen LogP contribution >= 0.6 is 0 Å². The highest BCUT2D eigenvalue weighted by atomic mass is 16.1. The van der Waals surface area contributed by atoms with Gasteiger partial charge in [-0.25, -0.2) is 0 Å². The molecule has 0 radical (unpaired) electrons. The predicted molar refractivity (Wildman–Crippen MR) is 53.4 cm³/mol. The molecule has 1 saturated carbocycles. The normalized spacial score (nSPS) is 26.1. The van der Waals surface area contributed by atoms with Crippen molar-refractivity contribution in [1.29, 1.82) is 5.26 Å². The highest BCUT2D eigenvalue weighted by molar-refractivity contribution is 5.77. The van der Waals surface area contributed by atoms with Gasteiger partial charge in [0, 0.05) is 13.1 Å². The zero-order chi connectivity index (χ0) is 10.6. The minimum atomic E-state index is 0.0103. The van der Waals surface area contributed by atoms with E-state index in [4.69, 9.17) is 5.26 Å². The second kappa shape index (κ2) is 4.97. The van der Waals surface area contributed by atoms with Crippen molar-refractivity contribution in [1.82, 2.24) is 10.2 Å². The summed E-state index contributed by atoms with van der Waals surface area (Å²) in [5.74, 6) is 0.112. The maximum absolute atomic E-state index is 11.1. The zero-order valence-electron chi connectivity index (χ0n) is 8.79. The van der Waals surface area contributed by atoms with E-state index < -0.39 is 0 Å². The second-order valence-electron chi connectivity index (χ2n) is 3.82. The van der Waals surface area contributed by atoms with Crippen molar-refractivity contribution in [2.45, 2.75) is 25.3 Å². The van der Waals surface area contributed by atoms with Gasteiger partial charge < -0.3 is 5.32 Å². The van der Waals surface area contributed by atoms with E-state index in [2.05, 4.69) is 11.4 Å². The van der Waals surface area contributed by atoms with E-state index >= 15 is 0 Å². The molecule has 4 nitrogen and oxygen atoms in total. The molecule has 14 heavy (non-hydrogen) atoms. The van der Waals surface area contributed by atoms with Crippen LogP contribution in [0.3, 0.4) is 0 Å². The van der Waals surface area contributed by atoms with Gasteiger partial charge in [0.15, 0.2) is 0 Å². The van der Waals surface area contributed by atoms with Gasteiger partial charge in [0.1, 0.15) is 0 Å². The van der Waals surface area contributed by atoms with Crippen molar-refractivity contribution in [2.75, 3.05) is 20.6 Å². The summed E-state index contributed by atoms with van der Waals surface area (Å²) in [5, 5.41) is 11.5. The highest BCUT2D eigenvalue weighted by Crippen LogP contribution is 2.28. The van der Waals surface area contributed by atoms with Crippen molar-refractivity contribution < 1.29 is 4.79 Å². The molecule has 0 spiro atoms. The number of amides is 1. The first kappa shape index (κ1) is 11.0. The van der Waals surface area contributed by atoms with Crippen LogP contribution in [0.4, 0.5) is 0 Å². The Kier molecular flexibility index (Phi) is 3.90. The molecule has 0 bridgehead atoms. The average Bonchev–Trinajstić information content (AvgIpc) is 2.65.